The van der Waals surface area contributed by atoms with Crippen molar-refractivity contribution in [2.75, 3.05) is 31.1 Å². The summed E-state index contributed by atoms with van der Waals surface area (Å²) in [5.74, 6) is -0.443. The summed E-state index contributed by atoms with van der Waals surface area (Å²) in [6.45, 7) is 1.64. The van der Waals surface area contributed by atoms with E-state index in [4.69, 9.17) is 4.74 Å². The second kappa shape index (κ2) is 8.50. The Morgan fingerprint density at radius 2 is 1.93 bits per heavy atom. The van der Waals surface area contributed by atoms with Gasteiger partial charge in [-0.1, -0.05) is 6.07 Å². The normalized spacial score (nSPS) is 16.9. The van der Waals surface area contributed by atoms with Crippen molar-refractivity contribution in [1.29, 1.82) is 0 Å². The van der Waals surface area contributed by atoms with Gasteiger partial charge in [-0.05, 0) is 54.8 Å². The summed E-state index contributed by atoms with van der Waals surface area (Å²) < 4.78 is 56.2. The summed E-state index contributed by atoms with van der Waals surface area (Å²) >= 11 is 0. The summed E-state index contributed by atoms with van der Waals surface area (Å²) in [7, 11) is 0. The van der Waals surface area contributed by atoms with E-state index < -0.39 is 17.6 Å². The molecule has 4 nitrogen and oxygen atoms in total. The van der Waals surface area contributed by atoms with Gasteiger partial charge in [-0.25, -0.2) is 4.39 Å². The zero-order valence-electron chi connectivity index (χ0n) is 15.0. The van der Waals surface area contributed by atoms with E-state index in [1.54, 1.807) is 12.1 Å². The first-order chi connectivity index (χ1) is 13.3. The molecule has 0 aliphatic carbocycles. The van der Waals surface area contributed by atoms with Crippen LogP contribution in [0, 0.1) is 11.7 Å². The van der Waals surface area contributed by atoms with Crippen molar-refractivity contribution in [2.24, 2.45) is 5.92 Å². The Morgan fingerprint density at radius 1 is 1.18 bits per heavy atom. The van der Waals surface area contributed by atoms with Crippen LogP contribution in [0.15, 0.2) is 48.5 Å². The van der Waals surface area contributed by atoms with Crippen LogP contribution in [0.1, 0.15) is 12.0 Å². The summed E-state index contributed by atoms with van der Waals surface area (Å²) in [6, 6.07) is 10.7. The van der Waals surface area contributed by atoms with Crippen LogP contribution in [0.2, 0.25) is 0 Å². The molecule has 8 heteroatoms. The highest BCUT2D eigenvalue weighted by atomic mass is 19.4. The molecular formula is C20H20F4N2O2. The van der Waals surface area contributed by atoms with E-state index in [1.807, 2.05) is 0 Å². The van der Waals surface area contributed by atoms with E-state index in [9.17, 15) is 22.4 Å². The first-order valence-corrected chi connectivity index (χ1v) is 8.88. The fourth-order valence-corrected chi connectivity index (χ4v) is 3.11. The number of alkyl halides is 3. The van der Waals surface area contributed by atoms with Crippen molar-refractivity contribution < 1.29 is 27.1 Å². The van der Waals surface area contributed by atoms with Crippen LogP contribution in [-0.2, 0) is 11.0 Å². The van der Waals surface area contributed by atoms with E-state index in [0.29, 0.717) is 6.54 Å². The quantitative estimate of drug-likeness (QED) is 0.754. The molecule has 0 radical (unpaired) electrons. The molecule has 3 rings (SSSR count). The van der Waals surface area contributed by atoms with Gasteiger partial charge < -0.3 is 15.0 Å². The molecule has 1 fully saturated rings. The smallest absolute Gasteiger partial charge is 0.416 e. The maximum atomic E-state index is 13.0. The number of halogens is 4. The lowest BCUT2D eigenvalue weighted by Gasteiger charge is -2.19. The van der Waals surface area contributed by atoms with Gasteiger partial charge in [0.1, 0.15) is 11.6 Å². The lowest BCUT2D eigenvalue weighted by atomic mass is 10.1. The lowest BCUT2D eigenvalue weighted by molar-refractivity contribution is -0.137. The maximum absolute atomic E-state index is 13.0. The van der Waals surface area contributed by atoms with Crippen LogP contribution in [0.4, 0.5) is 23.2 Å². The number of carbonyl (C=O) groups excluding carboxylic acids is 1. The third-order valence-electron chi connectivity index (χ3n) is 4.60. The molecule has 0 saturated carbocycles. The molecule has 2 aromatic carbocycles. The van der Waals surface area contributed by atoms with Gasteiger partial charge in [0.25, 0.3) is 5.91 Å². The largest absolute Gasteiger partial charge is 0.484 e. The molecule has 1 unspecified atom stereocenters. The number of anilines is 1. The van der Waals surface area contributed by atoms with Crippen LogP contribution in [0.3, 0.4) is 0 Å². The van der Waals surface area contributed by atoms with Crippen LogP contribution in [-0.4, -0.2) is 32.1 Å². The molecule has 1 heterocycles. The number of hydrogen-bond donors (Lipinski definition) is 1. The average molecular weight is 396 g/mol. The van der Waals surface area contributed by atoms with Crippen LogP contribution in [0.25, 0.3) is 0 Å². The molecule has 1 amide bonds. The second-order valence-electron chi connectivity index (χ2n) is 6.70. The van der Waals surface area contributed by atoms with Crippen molar-refractivity contribution in [3.05, 3.63) is 59.9 Å². The van der Waals surface area contributed by atoms with E-state index in [2.05, 4.69) is 10.2 Å². The van der Waals surface area contributed by atoms with Gasteiger partial charge in [0.2, 0.25) is 0 Å². The molecule has 1 N–H and O–H groups in total. The highest BCUT2D eigenvalue weighted by molar-refractivity contribution is 5.77. The Hall–Kier alpha value is -2.77. The van der Waals surface area contributed by atoms with E-state index in [0.717, 1.165) is 37.3 Å². The zero-order valence-corrected chi connectivity index (χ0v) is 15.0. The summed E-state index contributed by atoms with van der Waals surface area (Å²) in [4.78, 5) is 14.1. The number of ether oxygens (including phenoxy) is 1. The molecule has 1 aliphatic rings. The molecule has 1 aliphatic heterocycles. The predicted molar refractivity (Wildman–Crippen MR) is 96.7 cm³/mol. The monoisotopic (exact) mass is 396 g/mol. The third-order valence-corrected chi connectivity index (χ3v) is 4.60. The van der Waals surface area contributed by atoms with Crippen molar-refractivity contribution in [3.8, 4) is 5.75 Å². The molecule has 1 atom stereocenters. The van der Waals surface area contributed by atoms with Gasteiger partial charge in [-0.3, -0.25) is 4.79 Å². The number of benzene rings is 2. The van der Waals surface area contributed by atoms with Crippen molar-refractivity contribution >= 4 is 11.6 Å². The fourth-order valence-electron chi connectivity index (χ4n) is 3.11. The molecule has 1 saturated heterocycles. The fraction of sp³-hybridized carbons (Fsp3) is 0.350. The molecule has 0 bridgehead atoms. The van der Waals surface area contributed by atoms with Gasteiger partial charge in [0.05, 0.1) is 5.56 Å². The minimum Gasteiger partial charge on any atom is -0.484 e. The Kier molecular flexibility index (Phi) is 6.06. The first kappa shape index (κ1) is 20.0. The molecule has 0 spiro atoms. The second-order valence-corrected chi connectivity index (χ2v) is 6.70. The number of hydrogen-bond acceptors (Lipinski definition) is 3. The van der Waals surface area contributed by atoms with Gasteiger partial charge in [-0.2, -0.15) is 13.2 Å². The van der Waals surface area contributed by atoms with Crippen LogP contribution < -0.4 is 15.0 Å². The van der Waals surface area contributed by atoms with Gasteiger partial charge in [0.15, 0.2) is 6.61 Å². The number of amides is 1. The SMILES string of the molecule is O=C(COc1cccc(C(F)(F)F)c1)NCC1CCN(c2ccc(F)cc2)C1. The Bertz CT molecular complexity index is 809. The predicted octanol–water partition coefficient (Wildman–Crippen LogP) is 3.87. The first-order valence-electron chi connectivity index (χ1n) is 8.88. The van der Waals surface area contributed by atoms with E-state index in [-0.39, 0.29) is 24.1 Å². The topological polar surface area (TPSA) is 41.6 Å². The number of nitrogens with zero attached hydrogens (tertiary/aromatic N) is 1. The highest BCUT2D eigenvalue weighted by Crippen LogP contribution is 2.31. The third kappa shape index (κ3) is 5.37. The van der Waals surface area contributed by atoms with E-state index >= 15 is 0 Å². The summed E-state index contributed by atoms with van der Waals surface area (Å²) in [5.41, 5.74) is 0.111. The number of carbonyl (C=O) groups is 1. The Labute approximate surface area is 160 Å². The molecule has 150 valence electrons. The zero-order chi connectivity index (χ0) is 20.1. The number of rotatable bonds is 6. The van der Waals surface area contributed by atoms with Gasteiger partial charge in [0, 0.05) is 25.3 Å². The highest BCUT2D eigenvalue weighted by Gasteiger charge is 2.30. The minimum atomic E-state index is -4.46. The number of nitrogens with one attached hydrogen (secondary N) is 1. The summed E-state index contributed by atoms with van der Waals surface area (Å²) in [5, 5.41) is 2.75. The lowest BCUT2D eigenvalue weighted by Crippen LogP contribution is -2.34. The van der Waals surface area contributed by atoms with E-state index in [1.165, 1.54) is 24.3 Å². The standard InChI is InChI=1S/C20H20F4N2O2/c21-16-4-6-17(7-5-16)26-9-8-14(12-26)11-25-19(27)13-28-18-3-1-2-15(10-18)20(22,23)24/h1-7,10,14H,8-9,11-13H2,(H,25,27). The molecular weight excluding hydrogens is 376 g/mol. The Balaban J connectivity index is 1.42. The van der Waals surface area contributed by atoms with Crippen molar-refractivity contribution in [2.45, 2.75) is 12.6 Å². The van der Waals surface area contributed by atoms with Crippen molar-refractivity contribution in [1.82, 2.24) is 5.32 Å². The van der Waals surface area contributed by atoms with Gasteiger partial charge in [-0.15, -0.1) is 0 Å². The Morgan fingerprint density at radius 3 is 2.64 bits per heavy atom. The van der Waals surface area contributed by atoms with Gasteiger partial charge >= 0.3 is 6.18 Å². The van der Waals surface area contributed by atoms with Crippen molar-refractivity contribution in [3.63, 3.8) is 0 Å². The maximum Gasteiger partial charge on any atom is 0.416 e. The minimum absolute atomic E-state index is 0.00618. The van der Waals surface area contributed by atoms with Crippen LogP contribution in [0.5, 0.6) is 5.75 Å². The average Bonchev–Trinajstić information content (AvgIpc) is 3.14. The molecule has 2 aromatic rings. The van der Waals surface area contributed by atoms with Crippen LogP contribution >= 0.6 is 0 Å². The molecule has 0 aromatic heterocycles. The molecule has 28 heavy (non-hydrogen) atoms. The summed E-state index contributed by atoms with van der Waals surface area (Å²) in [6.07, 6.45) is -3.58.